The zero-order valence-corrected chi connectivity index (χ0v) is 21.0. The van der Waals surface area contributed by atoms with Gasteiger partial charge in [-0.1, -0.05) is 38.4 Å². The molecule has 0 saturated carbocycles. The quantitative estimate of drug-likeness (QED) is 0.302. The Morgan fingerprint density at radius 3 is 2.39 bits per heavy atom. The first kappa shape index (κ1) is 25.0. The first-order valence-electron chi connectivity index (χ1n) is 10.1. The number of nitrogens with zero attached hydrogens (tertiary/aromatic N) is 2. The lowest BCUT2D eigenvalue weighted by atomic mass is 10.1. The molecule has 2 rings (SSSR count). The molecule has 0 saturated heterocycles. The maximum atomic E-state index is 12.2. The average molecular weight is 463 g/mol. The van der Waals surface area contributed by atoms with Crippen molar-refractivity contribution in [3.8, 4) is 17.0 Å². The van der Waals surface area contributed by atoms with Crippen LogP contribution in [0.15, 0.2) is 30.3 Å². The molecule has 0 aliphatic rings. The SMILES string of the molecule is CN(C)C(=O)c1ccc(-c2nc(C=O)ccc2OCCO[Si](C)(C)C(C)(C)C)c(Cl)c1. The summed E-state index contributed by atoms with van der Waals surface area (Å²) in [5, 5.41) is 0.468. The Hall–Kier alpha value is -2.22. The smallest absolute Gasteiger partial charge is 0.253 e. The lowest BCUT2D eigenvalue weighted by Crippen LogP contribution is -2.41. The van der Waals surface area contributed by atoms with Crippen LogP contribution < -0.4 is 4.74 Å². The van der Waals surface area contributed by atoms with Crippen molar-refractivity contribution < 1.29 is 18.8 Å². The normalized spacial score (nSPS) is 11.9. The molecule has 0 bridgehead atoms. The zero-order chi connectivity index (χ0) is 23.4. The summed E-state index contributed by atoms with van der Waals surface area (Å²) in [4.78, 5) is 29.3. The second-order valence-corrected chi connectivity index (χ2v) is 14.3. The zero-order valence-electron chi connectivity index (χ0n) is 19.3. The molecule has 0 N–H and O–H groups in total. The number of pyridine rings is 1. The van der Waals surface area contributed by atoms with Crippen molar-refractivity contribution in [3.05, 3.63) is 46.6 Å². The van der Waals surface area contributed by atoms with Crippen LogP contribution in [0, 0.1) is 0 Å². The second-order valence-electron chi connectivity index (χ2n) is 9.05. The molecule has 1 aromatic carbocycles. The van der Waals surface area contributed by atoms with Gasteiger partial charge in [0.05, 0.1) is 11.6 Å². The third kappa shape index (κ3) is 6.15. The number of aromatic nitrogens is 1. The molecule has 0 spiro atoms. The van der Waals surface area contributed by atoms with Gasteiger partial charge >= 0.3 is 0 Å². The minimum Gasteiger partial charge on any atom is -0.489 e. The topological polar surface area (TPSA) is 68.7 Å². The van der Waals surface area contributed by atoms with Gasteiger partial charge in [0.15, 0.2) is 14.6 Å². The predicted molar refractivity (Wildman–Crippen MR) is 127 cm³/mol. The number of carbonyl (C=O) groups excluding carboxylic acids is 2. The number of hydrogen-bond acceptors (Lipinski definition) is 5. The maximum absolute atomic E-state index is 12.2. The molecule has 0 aliphatic carbocycles. The van der Waals surface area contributed by atoms with Crippen LogP contribution in [-0.2, 0) is 4.43 Å². The molecule has 31 heavy (non-hydrogen) atoms. The average Bonchev–Trinajstić information content (AvgIpc) is 2.69. The summed E-state index contributed by atoms with van der Waals surface area (Å²) in [5.41, 5.74) is 1.77. The van der Waals surface area contributed by atoms with Crippen LogP contribution in [-0.4, -0.2) is 57.7 Å². The molecule has 0 aliphatic heterocycles. The van der Waals surface area contributed by atoms with E-state index >= 15 is 0 Å². The number of carbonyl (C=O) groups is 2. The van der Waals surface area contributed by atoms with E-state index in [2.05, 4.69) is 38.8 Å². The number of ether oxygens (including phenoxy) is 1. The summed E-state index contributed by atoms with van der Waals surface area (Å²) < 4.78 is 12.1. The first-order chi connectivity index (χ1) is 14.4. The second kappa shape index (κ2) is 9.93. The Morgan fingerprint density at radius 1 is 1.16 bits per heavy atom. The lowest BCUT2D eigenvalue weighted by molar-refractivity contribution is 0.0827. The summed E-state index contributed by atoms with van der Waals surface area (Å²) in [6, 6.07) is 8.29. The summed E-state index contributed by atoms with van der Waals surface area (Å²) in [6.45, 7) is 11.7. The number of hydrogen-bond donors (Lipinski definition) is 0. The standard InChI is InChI=1S/C23H31ClN2O4Si/c1-23(2,3)31(6,7)30-13-12-29-20-11-9-17(15-27)25-21(20)18-10-8-16(14-19(18)24)22(28)26(4)5/h8-11,14-15H,12-13H2,1-7H3. The van der Waals surface area contributed by atoms with Crippen LogP contribution in [0.5, 0.6) is 5.75 Å². The minimum absolute atomic E-state index is 0.116. The van der Waals surface area contributed by atoms with Crippen LogP contribution in [0.3, 0.4) is 0 Å². The van der Waals surface area contributed by atoms with Crippen LogP contribution in [0.1, 0.15) is 41.6 Å². The molecule has 2 aromatic rings. The van der Waals surface area contributed by atoms with Crippen molar-refractivity contribution in [1.29, 1.82) is 0 Å². The number of benzene rings is 1. The largest absolute Gasteiger partial charge is 0.489 e. The summed E-state index contributed by atoms with van der Waals surface area (Å²) in [5.74, 6) is 0.348. The van der Waals surface area contributed by atoms with E-state index in [1.54, 1.807) is 44.4 Å². The third-order valence-electron chi connectivity index (χ3n) is 5.49. The van der Waals surface area contributed by atoms with Crippen molar-refractivity contribution in [3.63, 3.8) is 0 Å². The molecule has 168 valence electrons. The van der Waals surface area contributed by atoms with Crippen LogP contribution >= 0.6 is 11.6 Å². The van der Waals surface area contributed by atoms with Gasteiger partial charge in [-0.3, -0.25) is 9.59 Å². The fourth-order valence-corrected chi connectivity index (χ4v) is 3.90. The Balaban J connectivity index is 2.26. The molecule has 6 nitrogen and oxygen atoms in total. The Morgan fingerprint density at radius 2 is 1.84 bits per heavy atom. The molecular weight excluding hydrogens is 432 g/mol. The van der Waals surface area contributed by atoms with Crippen LogP contribution in [0.4, 0.5) is 0 Å². The van der Waals surface area contributed by atoms with Crippen molar-refractivity contribution in [2.45, 2.75) is 38.9 Å². The monoisotopic (exact) mass is 462 g/mol. The van der Waals surface area contributed by atoms with Gasteiger partial charge in [-0.2, -0.15) is 0 Å². The molecule has 1 heterocycles. The van der Waals surface area contributed by atoms with Crippen molar-refractivity contribution in [2.24, 2.45) is 0 Å². The van der Waals surface area contributed by atoms with Gasteiger partial charge in [-0.15, -0.1) is 0 Å². The van der Waals surface area contributed by atoms with E-state index in [0.29, 0.717) is 47.1 Å². The number of halogens is 1. The molecule has 0 radical (unpaired) electrons. The Labute approximate surface area is 190 Å². The lowest BCUT2D eigenvalue weighted by Gasteiger charge is -2.36. The van der Waals surface area contributed by atoms with E-state index in [4.69, 9.17) is 20.8 Å². The molecule has 0 unspecified atom stereocenters. The summed E-state index contributed by atoms with van der Waals surface area (Å²) in [6.07, 6.45) is 0.672. The minimum atomic E-state index is -1.87. The fraction of sp³-hybridized carbons (Fsp3) is 0.435. The summed E-state index contributed by atoms with van der Waals surface area (Å²) in [7, 11) is 1.49. The molecule has 0 atom stereocenters. The van der Waals surface area contributed by atoms with Gasteiger partial charge in [0.25, 0.3) is 5.91 Å². The van der Waals surface area contributed by atoms with Gasteiger partial charge in [-0.25, -0.2) is 4.98 Å². The molecule has 1 amide bonds. The molecular formula is C23H31ClN2O4Si. The first-order valence-corrected chi connectivity index (χ1v) is 13.4. The van der Waals surface area contributed by atoms with Gasteiger partial charge in [0.1, 0.15) is 23.7 Å². The van der Waals surface area contributed by atoms with Crippen molar-refractivity contribution in [2.75, 3.05) is 27.3 Å². The number of aldehydes is 1. The highest BCUT2D eigenvalue weighted by atomic mass is 35.5. The van der Waals surface area contributed by atoms with Crippen molar-refractivity contribution >= 4 is 32.1 Å². The third-order valence-corrected chi connectivity index (χ3v) is 10.3. The van der Waals surface area contributed by atoms with Gasteiger partial charge in [0.2, 0.25) is 0 Å². The van der Waals surface area contributed by atoms with Gasteiger partial charge in [0, 0.05) is 25.2 Å². The van der Waals surface area contributed by atoms with E-state index in [-0.39, 0.29) is 16.6 Å². The molecule has 1 aromatic heterocycles. The highest BCUT2D eigenvalue weighted by Crippen LogP contribution is 2.37. The van der Waals surface area contributed by atoms with Crippen LogP contribution in [0.25, 0.3) is 11.3 Å². The van der Waals surface area contributed by atoms with Gasteiger partial charge < -0.3 is 14.1 Å². The number of rotatable bonds is 8. The molecule has 0 fully saturated rings. The Kier molecular flexibility index (Phi) is 8.02. The highest BCUT2D eigenvalue weighted by molar-refractivity contribution is 6.74. The van der Waals surface area contributed by atoms with E-state index in [1.807, 2.05) is 0 Å². The van der Waals surface area contributed by atoms with E-state index in [0.717, 1.165) is 0 Å². The van der Waals surface area contributed by atoms with Crippen LogP contribution in [0.2, 0.25) is 23.2 Å². The maximum Gasteiger partial charge on any atom is 0.253 e. The van der Waals surface area contributed by atoms with E-state index < -0.39 is 8.32 Å². The van der Waals surface area contributed by atoms with Gasteiger partial charge in [-0.05, 0) is 42.4 Å². The Bertz CT molecular complexity index is 955. The van der Waals surface area contributed by atoms with E-state index in [9.17, 15) is 9.59 Å². The van der Waals surface area contributed by atoms with E-state index in [1.165, 1.54) is 4.90 Å². The summed E-state index contributed by atoms with van der Waals surface area (Å²) >= 11 is 6.48. The molecule has 8 heteroatoms. The fourth-order valence-electron chi connectivity index (χ4n) is 2.60. The van der Waals surface area contributed by atoms with Crippen molar-refractivity contribution in [1.82, 2.24) is 9.88 Å². The predicted octanol–water partition coefficient (Wildman–Crippen LogP) is 5.32. The number of amides is 1. The highest BCUT2D eigenvalue weighted by Gasteiger charge is 2.36.